The maximum atomic E-state index is 12.5. The van der Waals surface area contributed by atoms with E-state index < -0.39 is 0 Å². The Morgan fingerprint density at radius 2 is 1.89 bits per heavy atom. The quantitative estimate of drug-likeness (QED) is 0.786. The van der Waals surface area contributed by atoms with Crippen LogP contribution in [0.5, 0.6) is 0 Å². The largest absolute Gasteiger partial charge is 0.354 e. The standard InChI is InChI=1S/C15H23N3O.H2/c1-17-7-9-18(10-8-17)15(19)14-11-12-5-3-2-4-6-13(12)16-14;/h11,16H,2-10H2,1H3;1H. The van der Waals surface area contributed by atoms with Crippen LogP contribution in [0.1, 0.15) is 42.4 Å². The Hall–Kier alpha value is -1.29. The molecule has 1 aliphatic carbocycles. The van der Waals surface area contributed by atoms with Gasteiger partial charge in [0.2, 0.25) is 0 Å². The molecule has 3 rings (SSSR count). The normalized spacial score (nSPS) is 21.0. The number of aromatic amines is 1. The predicted octanol–water partition coefficient (Wildman–Crippen LogP) is 1.92. The fourth-order valence-electron chi connectivity index (χ4n) is 3.08. The highest BCUT2D eigenvalue weighted by atomic mass is 16.2. The molecule has 0 atom stereocenters. The third-order valence-corrected chi connectivity index (χ3v) is 4.39. The molecule has 2 heterocycles. The maximum absolute atomic E-state index is 12.5. The van der Waals surface area contributed by atoms with Gasteiger partial charge in [-0.15, -0.1) is 0 Å². The predicted molar refractivity (Wildman–Crippen MR) is 77.6 cm³/mol. The number of carbonyl (C=O) groups excluding carboxylic acids is 1. The van der Waals surface area contributed by atoms with Crippen LogP contribution in [0.15, 0.2) is 6.07 Å². The summed E-state index contributed by atoms with van der Waals surface area (Å²) in [5.74, 6) is 0.182. The molecule has 1 saturated heterocycles. The van der Waals surface area contributed by atoms with Crippen molar-refractivity contribution in [2.75, 3.05) is 33.2 Å². The Morgan fingerprint density at radius 1 is 1.16 bits per heavy atom. The van der Waals surface area contributed by atoms with Gasteiger partial charge in [0.1, 0.15) is 5.69 Å². The zero-order valence-corrected chi connectivity index (χ0v) is 11.7. The lowest BCUT2D eigenvalue weighted by atomic mass is 10.1. The zero-order valence-electron chi connectivity index (χ0n) is 11.7. The van der Waals surface area contributed by atoms with Gasteiger partial charge in [-0.2, -0.15) is 0 Å². The van der Waals surface area contributed by atoms with Crippen LogP contribution in [-0.4, -0.2) is 53.9 Å². The number of aryl methyl sites for hydroxylation is 2. The first kappa shape index (κ1) is 12.7. The number of nitrogens with one attached hydrogen (secondary N) is 1. The molecule has 0 bridgehead atoms. The van der Waals surface area contributed by atoms with E-state index in [1.807, 2.05) is 4.90 Å². The first-order valence-electron chi connectivity index (χ1n) is 7.42. The van der Waals surface area contributed by atoms with E-state index in [0.29, 0.717) is 0 Å². The third-order valence-electron chi connectivity index (χ3n) is 4.39. The Balaban J connectivity index is 0.00000147. The molecule has 4 nitrogen and oxygen atoms in total. The van der Waals surface area contributed by atoms with Gasteiger partial charge in [-0.25, -0.2) is 0 Å². The lowest BCUT2D eigenvalue weighted by molar-refractivity contribution is 0.0658. The van der Waals surface area contributed by atoms with E-state index in [4.69, 9.17) is 0 Å². The van der Waals surface area contributed by atoms with Gasteiger partial charge in [-0.3, -0.25) is 4.79 Å². The van der Waals surface area contributed by atoms with Crippen molar-refractivity contribution in [3.05, 3.63) is 23.0 Å². The molecular formula is C15H25N3O. The fourth-order valence-corrected chi connectivity index (χ4v) is 3.08. The highest BCUT2D eigenvalue weighted by Gasteiger charge is 2.23. The van der Waals surface area contributed by atoms with Crippen LogP contribution in [0.2, 0.25) is 0 Å². The summed E-state index contributed by atoms with van der Waals surface area (Å²) in [7, 11) is 2.11. The van der Waals surface area contributed by atoms with Gasteiger partial charge in [-0.1, -0.05) is 6.42 Å². The van der Waals surface area contributed by atoms with E-state index in [2.05, 4.69) is 23.0 Å². The van der Waals surface area contributed by atoms with Crippen molar-refractivity contribution < 1.29 is 6.22 Å². The Bertz CT molecular complexity index is 440. The topological polar surface area (TPSA) is 39.3 Å². The van der Waals surface area contributed by atoms with Crippen LogP contribution < -0.4 is 0 Å². The summed E-state index contributed by atoms with van der Waals surface area (Å²) < 4.78 is 0. The lowest BCUT2D eigenvalue weighted by Gasteiger charge is -2.32. The van der Waals surface area contributed by atoms with Gasteiger partial charge in [-0.05, 0) is 44.4 Å². The van der Waals surface area contributed by atoms with Crippen LogP contribution in [-0.2, 0) is 12.8 Å². The van der Waals surface area contributed by atoms with Gasteiger partial charge in [0.15, 0.2) is 0 Å². The summed E-state index contributed by atoms with van der Waals surface area (Å²) >= 11 is 0. The van der Waals surface area contributed by atoms with Gasteiger partial charge >= 0.3 is 0 Å². The van der Waals surface area contributed by atoms with Crippen LogP contribution >= 0.6 is 0 Å². The van der Waals surface area contributed by atoms with Crippen LogP contribution in [0.4, 0.5) is 0 Å². The Kier molecular flexibility index (Phi) is 3.60. The number of likely N-dealkylation sites (N-methyl/N-ethyl adjacent to an activating group) is 1. The summed E-state index contributed by atoms with van der Waals surface area (Å²) in [6.45, 7) is 3.65. The molecular weight excluding hydrogens is 238 g/mol. The average Bonchev–Trinajstić information content (AvgIpc) is 2.70. The van der Waals surface area contributed by atoms with E-state index in [0.717, 1.165) is 44.7 Å². The lowest BCUT2D eigenvalue weighted by Crippen LogP contribution is -2.47. The molecule has 1 aromatic heterocycles. The van der Waals surface area contributed by atoms with Crippen molar-refractivity contribution in [2.24, 2.45) is 0 Å². The molecule has 1 aromatic rings. The molecule has 4 heteroatoms. The second-order valence-corrected chi connectivity index (χ2v) is 5.84. The van der Waals surface area contributed by atoms with Crippen molar-refractivity contribution in [3.63, 3.8) is 0 Å². The SMILES string of the molecule is CN1CCN(C(=O)c2cc3c([nH]2)CCCCC3)CC1.[HH]. The Labute approximate surface area is 116 Å². The smallest absolute Gasteiger partial charge is 0.270 e. The molecule has 0 radical (unpaired) electrons. The zero-order chi connectivity index (χ0) is 13.2. The van der Waals surface area contributed by atoms with Gasteiger partial charge < -0.3 is 14.8 Å². The van der Waals surface area contributed by atoms with Crippen molar-refractivity contribution in [3.8, 4) is 0 Å². The average molecular weight is 263 g/mol. The molecule has 1 fully saturated rings. The fraction of sp³-hybridized carbons (Fsp3) is 0.667. The van der Waals surface area contributed by atoms with E-state index >= 15 is 0 Å². The molecule has 1 aliphatic heterocycles. The van der Waals surface area contributed by atoms with Crippen molar-refractivity contribution >= 4 is 5.91 Å². The van der Waals surface area contributed by atoms with Crippen molar-refractivity contribution in [1.82, 2.24) is 14.8 Å². The molecule has 2 aliphatic rings. The molecule has 19 heavy (non-hydrogen) atoms. The molecule has 0 unspecified atom stereocenters. The highest BCUT2D eigenvalue weighted by molar-refractivity contribution is 5.93. The molecule has 1 amide bonds. The number of carbonyl (C=O) groups is 1. The molecule has 106 valence electrons. The van der Waals surface area contributed by atoms with E-state index in [1.54, 1.807) is 0 Å². The molecule has 1 N–H and O–H groups in total. The number of amides is 1. The number of hydrogen-bond donors (Lipinski definition) is 1. The van der Waals surface area contributed by atoms with Gasteiger partial charge in [0.05, 0.1) is 0 Å². The number of hydrogen-bond acceptors (Lipinski definition) is 2. The van der Waals surface area contributed by atoms with E-state index in [-0.39, 0.29) is 7.33 Å². The highest BCUT2D eigenvalue weighted by Crippen LogP contribution is 2.22. The number of H-pyrrole nitrogens is 1. The third kappa shape index (κ3) is 2.68. The van der Waals surface area contributed by atoms with Crippen molar-refractivity contribution in [1.29, 1.82) is 0 Å². The minimum atomic E-state index is 0. The Morgan fingerprint density at radius 3 is 2.68 bits per heavy atom. The first-order chi connectivity index (χ1) is 9.24. The summed E-state index contributed by atoms with van der Waals surface area (Å²) in [6, 6.07) is 2.10. The van der Waals surface area contributed by atoms with Gasteiger partial charge in [0, 0.05) is 33.3 Å². The van der Waals surface area contributed by atoms with E-state index in [9.17, 15) is 4.79 Å². The number of nitrogens with zero attached hydrogens (tertiary/aromatic N) is 2. The molecule has 0 aromatic carbocycles. The number of rotatable bonds is 1. The molecule has 0 saturated carbocycles. The molecule has 0 spiro atoms. The van der Waals surface area contributed by atoms with Crippen LogP contribution in [0, 0.1) is 0 Å². The summed E-state index contributed by atoms with van der Waals surface area (Å²) in [4.78, 5) is 20.1. The van der Waals surface area contributed by atoms with Crippen LogP contribution in [0.3, 0.4) is 0 Å². The monoisotopic (exact) mass is 263 g/mol. The number of fused-ring (bicyclic) bond motifs is 1. The van der Waals surface area contributed by atoms with E-state index in [1.165, 1.54) is 30.5 Å². The van der Waals surface area contributed by atoms with Gasteiger partial charge in [0.25, 0.3) is 5.91 Å². The summed E-state index contributed by atoms with van der Waals surface area (Å²) in [5.41, 5.74) is 3.47. The van der Waals surface area contributed by atoms with Crippen LogP contribution in [0.25, 0.3) is 0 Å². The second kappa shape index (κ2) is 5.37. The second-order valence-electron chi connectivity index (χ2n) is 5.84. The number of piperazine rings is 1. The summed E-state index contributed by atoms with van der Waals surface area (Å²) in [5, 5.41) is 0. The minimum Gasteiger partial charge on any atom is -0.354 e. The maximum Gasteiger partial charge on any atom is 0.270 e. The van der Waals surface area contributed by atoms with Crippen molar-refractivity contribution in [2.45, 2.75) is 32.1 Å². The summed E-state index contributed by atoms with van der Waals surface area (Å²) in [6.07, 6.45) is 6.04. The first-order valence-corrected chi connectivity index (χ1v) is 7.42. The minimum absolute atomic E-state index is 0. The number of aromatic nitrogens is 1.